The van der Waals surface area contributed by atoms with Crippen molar-refractivity contribution in [3.63, 3.8) is 0 Å². The van der Waals surface area contributed by atoms with Gasteiger partial charge in [0.25, 0.3) is 11.9 Å². The summed E-state index contributed by atoms with van der Waals surface area (Å²) >= 11 is 0. The summed E-state index contributed by atoms with van der Waals surface area (Å²) in [7, 11) is 1.90. The van der Waals surface area contributed by atoms with Gasteiger partial charge in [0.2, 0.25) is 0 Å². The molecule has 0 unspecified atom stereocenters. The number of carbonyl (C=O) groups is 1. The molecule has 176 valence electrons. The van der Waals surface area contributed by atoms with Gasteiger partial charge in [-0.3, -0.25) is 9.48 Å². The molecule has 1 aliphatic heterocycles. The fourth-order valence-electron chi connectivity index (χ4n) is 4.97. The highest BCUT2D eigenvalue weighted by atomic mass is 16.4. The number of carbonyl (C=O) groups excluding carboxylic acids is 1. The Morgan fingerprint density at radius 3 is 2.74 bits per heavy atom. The number of piperidine rings is 1. The molecule has 0 spiro atoms. The van der Waals surface area contributed by atoms with Crippen molar-refractivity contribution in [3.05, 3.63) is 65.4 Å². The zero-order valence-corrected chi connectivity index (χ0v) is 20.2. The Labute approximate surface area is 199 Å². The zero-order valence-electron chi connectivity index (χ0n) is 20.2. The summed E-state index contributed by atoms with van der Waals surface area (Å²) in [6.45, 7) is 7.61. The minimum Gasteiger partial charge on any atom is -0.424 e. The van der Waals surface area contributed by atoms with E-state index in [1.165, 1.54) is 0 Å². The Kier molecular flexibility index (Phi) is 5.86. The van der Waals surface area contributed by atoms with Gasteiger partial charge in [0.05, 0.1) is 11.7 Å². The molecular formula is C27H31N5O2. The summed E-state index contributed by atoms with van der Waals surface area (Å²) in [5, 5.41) is 7.67. The molecule has 0 saturated carbocycles. The molecule has 4 aromatic rings. The van der Waals surface area contributed by atoms with Crippen LogP contribution in [0.2, 0.25) is 0 Å². The molecule has 2 aromatic carbocycles. The van der Waals surface area contributed by atoms with Crippen LogP contribution < -0.4 is 5.32 Å². The fraction of sp³-hybridized carbons (Fsp3) is 0.370. The first-order valence-corrected chi connectivity index (χ1v) is 11.9. The van der Waals surface area contributed by atoms with Crippen molar-refractivity contribution in [1.82, 2.24) is 19.7 Å². The summed E-state index contributed by atoms with van der Waals surface area (Å²) in [6.07, 6.45) is 3.85. The van der Waals surface area contributed by atoms with E-state index in [2.05, 4.69) is 22.3 Å². The molecule has 3 heterocycles. The summed E-state index contributed by atoms with van der Waals surface area (Å²) in [5.41, 5.74) is 6.38. The topological polar surface area (TPSA) is 76.2 Å². The third-order valence-corrected chi connectivity index (χ3v) is 6.88. The van der Waals surface area contributed by atoms with Gasteiger partial charge in [-0.15, -0.1) is 0 Å². The number of aryl methyl sites for hydroxylation is 3. The monoisotopic (exact) mass is 457 g/mol. The van der Waals surface area contributed by atoms with E-state index < -0.39 is 0 Å². The highest BCUT2D eigenvalue weighted by molar-refractivity contribution is 6.01. The molecule has 0 bridgehead atoms. The van der Waals surface area contributed by atoms with E-state index >= 15 is 0 Å². The minimum atomic E-state index is 0.0397. The zero-order chi connectivity index (χ0) is 23.8. The van der Waals surface area contributed by atoms with Gasteiger partial charge < -0.3 is 14.6 Å². The van der Waals surface area contributed by atoms with E-state index in [0.29, 0.717) is 18.5 Å². The standard InChI is InChI=1S/C27H31N5O2/c1-17-7-9-20(23-11-12-29-31(23)4)21(14-17)26(33)32-13-5-6-19(3)24(32)16-28-27-30-22-15-18(2)8-10-25(22)34-27/h7-12,14-15,19,24H,5-6,13,16H2,1-4H3,(H,28,30)/t19-,24-/m1/s1. The van der Waals surface area contributed by atoms with Gasteiger partial charge in [0.15, 0.2) is 5.58 Å². The molecule has 1 saturated heterocycles. The number of benzene rings is 2. The lowest BCUT2D eigenvalue weighted by Crippen LogP contribution is -2.51. The first kappa shape index (κ1) is 22.2. The molecule has 2 atom stereocenters. The second-order valence-corrected chi connectivity index (χ2v) is 9.45. The van der Waals surface area contributed by atoms with Crippen molar-refractivity contribution in [1.29, 1.82) is 0 Å². The number of hydrogen-bond acceptors (Lipinski definition) is 5. The smallest absolute Gasteiger partial charge is 0.295 e. The van der Waals surface area contributed by atoms with Crippen molar-refractivity contribution in [2.75, 3.05) is 18.4 Å². The number of nitrogens with one attached hydrogen (secondary N) is 1. The van der Waals surface area contributed by atoms with Crippen molar-refractivity contribution < 1.29 is 9.21 Å². The molecule has 0 radical (unpaired) electrons. The van der Waals surface area contributed by atoms with E-state index in [4.69, 9.17) is 4.42 Å². The molecule has 1 aliphatic rings. The maximum absolute atomic E-state index is 14.0. The molecule has 34 heavy (non-hydrogen) atoms. The van der Waals surface area contributed by atoms with Crippen LogP contribution in [0, 0.1) is 19.8 Å². The highest BCUT2D eigenvalue weighted by Gasteiger charge is 2.33. The van der Waals surface area contributed by atoms with Gasteiger partial charge in [-0.05, 0) is 62.4 Å². The van der Waals surface area contributed by atoms with Crippen LogP contribution in [0.1, 0.15) is 41.3 Å². The lowest BCUT2D eigenvalue weighted by Gasteiger charge is -2.40. The highest BCUT2D eigenvalue weighted by Crippen LogP contribution is 2.30. The van der Waals surface area contributed by atoms with Gasteiger partial charge in [-0.2, -0.15) is 10.1 Å². The first-order valence-electron chi connectivity index (χ1n) is 11.9. The van der Waals surface area contributed by atoms with Gasteiger partial charge in [-0.25, -0.2) is 0 Å². The molecular weight excluding hydrogens is 426 g/mol. The Morgan fingerprint density at radius 2 is 1.94 bits per heavy atom. The maximum atomic E-state index is 14.0. The summed E-state index contributed by atoms with van der Waals surface area (Å²) < 4.78 is 7.71. The second kappa shape index (κ2) is 8.97. The number of fused-ring (bicyclic) bond motifs is 1. The third-order valence-electron chi connectivity index (χ3n) is 6.88. The second-order valence-electron chi connectivity index (χ2n) is 9.45. The number of hydrogen-bond donors (Lipinski definition) is 1. The molecule has 2 aromatic heterocycles. The molecule has 5 rings (SSSR count). The van der Waals surface area contributed by atoms with Crippen molar-refractivity contribution in [2.24, 2.45) is 13.0 Å². The van der Waals surface area contributed by atoms with Crippen LogP contribution >= 0.6 is 0 Å². The van der Waals surface area contributed by atoms with Crippen LogP contribution in [0.4, 0.5) is 6.01 Å². The first-order chi connectivity index (χ1) is 16.4. The van der Waals surface area contributed by atoms with E-state index in [9.17, 15) is 4.79 Å². The Bertz CT molecular complexity index is 1340. The van der Waals surface area contributed by atoms with Crippen molar-refractivity contribution in [2.45, 2.75) is 39.7 Å². The van der Waals surface area contributed by atoms with Crippen LogP contribution in [0.3, 0.4) is 0 Å². The van der Waals surface area contributed by atoms with E-state index in [1.807, 2.05) is 72.9 Å². The average molecular weight is 458 g/mol. The molecule has 0 aliphatic carbocycles. The van der Waals surface area contributed by atoms with Gasteiger partial charge in [0.1, 0.15) is 5.52 Å². The van der Waals surface area contributed by atoms with Gasteiger partial charge in [-0.1, -0.05) is 30.7 Å². The average Bonchev–Trinajstić information content (AvgIpc) is 3.42. The van der Waals surface area contributed by atoms with Gasteiger partial charge >= 0.3 is 0 Å². The Balaban J connectivity index is 1.42. The molecule has 1 fully saturated rings. The number of anilines is 1. The van der Waals surface area contributed by atoms with Crippen LogP contribution in [0.25, 0.3) is 22.4 Å². The van der Waals surface area contributed by atoms with E-state index in [0.717, 1.165) is 58.4 Å². The molecule has 1 N–H and O–H groups in total. The van der Waals surface area contributed by atoms with Crippen molar-refractivity contribution in [3.8, 4) is 11.3 Å². The summed E-state index contributed by atoms with van der Waals surface area (Å²) in [5.74, 6) is 0.424. The summed E-state index contributed by atoms with van der Waals surface area (Å²) in [4.78, 5) is 20.6. The number of likely N-dealkylation sites (tertiary alicyclic amines) is 1. The largest absolute Gasteiger partial charge is 0.424 e. The summed E-state index contributed by atoms with van der Waals surface area (Å²) in [6, 6.07) is 14.5. The Morgan fingerprint density at radius 1 is 1.15 bits per heavy atom. The number of nitrogens with zero attached hydrogens (tertiary/aromatic N) is 4. The number of amides is 1. The van der Waals surface area contributed by atoms with Crippen LogP contribution in [-0.2, 0) is 7.05 Å². The SMILES string of the molecule is Cc1ccc(-c2ccnn2C)c(C(=O)N2CCC[C@@H](C)[C@H]2CNc2nc3cc(C)ccc3o2)c1. The van der Waals surface area contributed by atoms with Crippen LogP contribution in [0.5, 0.6) is 0 Å². The lowest BCUT2D eigenvalue weighted by atomic mass is 9.89. The quantitative estimate of drug-likeness (QED) is 0.446. The van der Waals surface area contributed by atoms with Crippen LogP contribution in [0.15, 0.2) is 53.1 Å². The third kappa shape index (κ3) is 4.18. The lowest BCUT2D eigenvalue weighted by molar-refractivity contribution is 0.0540. The predicted octanol–water partition coefficient (Wildman–Crippen LogP) is 5.20. The number of oxazole rings is 1. The molecule has 7 heteroatoms. The maximum Gasteiger partial charge on any atom is 0.295 e. The predicted molar refractivity (Wildman–Crippen MR) is 134 cm³/mol. The fourth-order valence-corrected chi connectivity index (χ4v) is 4.97. The van der Waals surface area contributed by atoms with Crippen molar-refractivity contribution >= 4 is 23.0 Å². The number of aromatic nitrogens is 3. The Hall–Kier alpha value is -3.61. The minimum absolute atomic E-state index is 0.0397. The van der Waals surface area contributed by atoms with E-state index in [1.54, 1.807) is 6.20 Å². The number of rotatable bonds is 5. The van der Waals surface area contributed by atoms with Gasteiger partial charge in [0, 0.05) is 37.5 Å². The van der Waals surface area contributed by atoms with E-state index in [-0.39, 0.29) is 11.9 Å². The molecule has 7 nitrogen and oxygen atoms in total. The molecule has 1 amide bonds. The normalized spacial score (nSPS) is 18.4. The van der Waals surface area contributed by atoms with Crippen LogP contribution in [-0.4, -0.2) is 44.7 Å².